The van der Waals surface area contributed by atoms with Gasteiger partial charge in [0.15, 0.2) is 0 Å². The molecule has 0 fully saturated rings. The summed E-state index contributed by atoms with van der Waals surface area (Å²) in [6.07, 6.45) is -0.0833. The molecule has 0 amide bonds. The minimum absolute atomic E-state index is 0.417. The summed E-state index contributed by atoms with van der Waals surface area (Å²) < 4.78 is 1.22. The van der Waals surface area contributed by atoms with Crippen LogP contribution in [0.4, 0.5) is 0 Å². The molecule has 0 spiro atoms. The van der Waals surface area contributed by atoms with Crippen LogP contribution in [0.25, 0.3) is 0 Å². The van der Waals surface area contributed by atoms with Gasteiger partial charge in [0.25, 0.3) is 0 Å². The normalized spacial score (nSPS) is 8.88. The van der Waals surface area contributed by atoms with E-state index in [1.54, 1.807) is 41.5 Å². The van der Waals surface area contributed by atoms with Gasteiger partial charge in [0.1, 0.15) is 0 Å². The van der Waals surface area contributed by atoms with Crippen LogP contribution < -0.4 is 21.1 Å². The van der Waals surface area contributed by atoms with Crippen LogP contribution in [0.1, 0.15) is 48.0 Å². The average Bonchev–Trinajstić information content (AvgIpc) is 2.01. The molecular formula is C12H29NO3Ti. The molecule has 0 rings (SSSR count). The van der Waals surface area contributed by atoms with Crippen LogP contribution in [0.5, 0.6) is 0 Å². The van der Waals surface area contributed by atoms with Crippen molar-refractivity contribution in [1.29, 1.82) is 0 Å². The standard InChI is InChI=1S/C3H8N.3C3H7O.Ti/c1-2-3-4;3*1-3(2)4;/h1-4H2;3*3H,1-2H3;/q;3*-1;+3. The Balaban J connectivity index is -0.0000000667. The first-order valence-corrected chi connectivity index (χ1v) is 7.04. The van der Waals surface area contributed by atoms with Crippen LogP contribution in [0.15, 0.2) is 0 Å². The van der Waals surface area contributed by atoms with Crippen molar-refractivity contribution in [3.63, 3.8) is 0 Å². The fourth-order valence-electron chi connectivity index (χ4n) is 0.102. The van der Waals surface area contributed by atoms with Gasteiger partial charge in [-0.05, 0) is 0 Å². The molecule has 0 bridgehead atoms. The number of nitrogens with two attached hydrogens (primary N) is 1. The fourth-order valence-corrected chi connectivity index (χ4v) is 0.421. The quantitative estimate of drug-likeness (QED) is 0.695. The molecule has 0 aliphatic heterocycles. The molecule has 2 N–H and O–H groups in total. The molecule has 4 nitrogen and oxygen atoms in total. The van der Waals surface area contributed by atoms with Crippen LogP contribution in [0.3, 0.4) is 0 Å². The number of hydrogen-bond acceptors (Lipinski definition) is 4. The van der Waals surface area contributed by atoms with Crippen LogP contribution >= 0.6 is 0 Å². The summed E-state index contributed by atoms with van der Waals surface area (Å²) in [6.45, 7) is 10.5. The van der Waals surface area contributed by atoms with E-state index in [0.29, 0.717) is 0 Å². The molecule has 0 aromatic heterocycles. The molecular weight excluding hydrogens is 254 g/mol. The summed E-state index contributed by atoms with van der Waals surface area (Å²) in [6, 6.07) is 0. The van der Waals surface area contributed by atoms with Crippen molar-refractivity contribution in [3.05, 3.63) is 0 Å². The fraction of sp³-hybridized carbons (Fsp3) is 1.00. The van der Waals surface area contributed by atoms with Crippen molar-refractivity contribution >= 4 is 0 Å². The molecule has 0 aromatic rings. The van der Waals surface area contributed by atoms with Crippen LogP contribution in [0, 0.1) is 0 Å². The summed E-state index contributed by atoms with van der Waals surface area (Å²) >= 11 is 2.13. The van der Waals surface area contributed by atoms with Crippen molar-refractivity contribution in [2.24, 2.45) is 5.73 Å². The third kappa shape index (κ3) is 537. The zero-order valence-electron chi connectivity index (χ0n) is 12.2. The Morgan fingerprint density at radius 2 is 1.00 bits per heavy atom. The predicted octanol–water partition coefficient (Wildman–Crippen LogP) is -0.434. The zero-order valence-corrected chi connectivity index (χ0v) is 13.7. The molecule has 0 atom stereocenters. The first kappa shape index (κ1) is 26.2. The van der Waals surface area contributed by atoms with Crippen LogP contribution in [-0.2, 0) is 20.4 Å². The van der Waals surface area contributed by atoms with Gasteiger partial charge in [0.05, 0.1) is 0 Å². The van der Waals surface area contributed by atoms with E-state index >= 15 is 0 Å². The van der Waals surface area contributed by atoms with E-state index in [1.807, 2.05) is 0 Å². The second-order valence-electron chi connectivity index (χ2n) is 4.04. The Morgan fingerprint density at radius 3 is 1.00 bits per heavy atom. The molecule has 104 valence electrons. The third-order valence-corrected chi connectivity index (χ3v) is 0.933. The van der Waals surface area contributed by atoms with Gasteiger partial charge >= 0.3 is 43.9 Å². The summed E-state index contributed by atoms with van der Waals surface area (Å²) in [5.74, 6) is 0. The molecule has 0 aliphatic rings. The Hall–Kier alpha value is 0.554. The van der Waals surface area contributed by atoms with Crippen molar-refractivity contribution in [1.82, 2.24) is 0 Å². The molecule has 0 heterocycles. The minimum atomic E-state index is -0.417. The van der Waals surface area contributed by atoms with Crippen molar-refractivity contribution < 1.29 is 35.8 Å². The van der Waals surface area contributed by atoms with Gasteiger partial charge in [0.2, 0.25) is 0 Å². The van der Waals surface area contributed by atoms with Gasteiger partial charge in [-0.3, -0.25) is 0 Å². The van der Waals surface area contributed by atoms with Gasteiger partial charge in [-0.1, -0.05) is 41.5 Å². The summed E-state index contributed by atoms with van der Waals surface area (Å²) in [4.78, 5) is 0. The molecule has 0 aliphatic carbocycles. The van der Waals surface area contributed by atoms with E-state index in [1.165, 1.54) is 11.1 Å². The second-order valence-corrected chi connectivity index (χ2v) is 4.82. The molecule has 0 saturated heterocycles. The molecule has 17 heavy (non-hydrogen) atoms. The third-order valence-electron chi connectivity index (χ3n) is 0.381. The monoisotopic (exact) mass is 283 g/mol. The maximum absolute atomic E-state index is 9.53. The van der Waals surface area contributed by atoms with E-state index in [2.05, 4.69) is 20.4 Å². The van der Waals surface area contributed by atoms with Gasteiger partial charge in [-0.25, -0.2) is 0 Å². The first-order chi connectivity index (χ1) is 7.61. The van der Waals surface area contributed by atoms with E-state index in [-0.39, 0.29) is 0 Å². The summed E-state index contributed by atoms with van der Waals surface area (Å²) in [5.41, 5.74) is 5.14. The van der Waals surface area contributed by atoms with Gasteiger partial charge in [-0.2, -0.15) is 0 Å². The molecule has 0 unspecified atom stereocenters. The van der Waals surface area contributed by atoms with Gasteiger partial charge in [0, 0.05) is 0 Å². The average molecular weight is 283 g/mol. The SMILES string of the molecule is CC(C)[O-].CC(C)[O-].CC(C)[O-].NCC[CH2][Ti+3]. The summed E-state index contributed by atoms with van der Waals surface area (Å²) in [5, 5.41) is 28.6. The van der Waals surface area contributed by atoms with Crippen molar-refractivity contribution in [2.75, 3.05) is 6.54 Å². The van der Waals surface area contributed by atoms with Gasteiger partial charge in [-0.15, -0.1) is 18.3 Å². The van der Waals surface area contributed by atoms with Gasteiger partial charge < -0.3 is 15.3 Å². The van der Waals surface area contributed by atoms with Crippen molar-refractivity contribution in [2.45, 2.75) is 71.0 Å². The number of hydrogen-bond donors (Lipinski definition) is 1. The van der Waals surface area contributed by atoms with Crippen LogP contribution in [0.2, 0.25) is 4.73 Å². The Morgan fingerprint density at radius 1 is 0.824 bits per heavy atom. The van der Waals surface area contributed by atoms with E-state index in [4.69, 9.17) is 5.73 Å². The van der Waals surface area contributed by atoms with E-state index in [9.17, 15) is 15.3 Å². The number of rotatable bonds is 2. The Bertz CT molecular complexity index is 77.2. The molecule has 0 saturated carbocycles. The first-order valence-electron chi connectivity index (χ1n) is 5.93. The van der Waals surface area contributed by atoms with E-state index < -0.39 is 18.3 Å². The van der Waals surface area contributed by atoms with Crippen LogP contribution in [-0.4, -0.2) is 24.9 Å². The maximum atomic E-state index is 9.53. The second kappa shape index (κ2) is 25.4. The summed E-state index contributed by atoms with van der Waals surface area (Å²) in [7, 11) is 0. The molecule has 0 aromatic carbocycles. The zero-order chi connectivity index (χ0) is 14.9. The molecule has 0 radical (unpaired) electrons. The predicted molar refractivity (Wildman–Crippen MR) is 63.9 cm³/mol. The van der Waals surface area contributed by atoms with E-state index in [0.717, 1.165) is 6.54 Å². The van der Waals surface area contributed by atoms with Crippen molar-refractivity contribution in [3.8, 4) is 0 Å². The topological polar surface area (TPSA) is 95.2 Å². The Labute approximate surface area is 119 Å². The molecule has 5 heteroatoms. The Kier molecular flexibility index (Phi) is 39.1.